The number of methoxy groups -OCH3 is 1. The largest absolute Gasteiger partial charge is 0.490 e. The van der Waals surface area contributed by atoms with Crippen molar-refractivity contribution in [1.82, 2.24) is 4.90 Å². The zero-order valence-electron chi connectivity index (χ0n) is 12.4. The van der Waals surface area contributed by atoms with Crippen molar-refractivity contribution < 1.29 is 14.6 Å². The van der Waals surface area contributed by atoms with E-state index in [0.717, 1.165) is 19.2 Å². The highest BCUT2D eigenvalue weighted by atomic mass is 16.6. The Bertz CT molecular complexity index is 529. The summed E-state index contributed by atoms with van der Waals surface area (Å²) in [5.74, 6) is 0.0418. The van der Waals surface area contributed by atoms with Gasteiger partial charge >= 0.3 is 5.69 Å². The van der Waals surface area contributed by atoms with Crippen LogP contribution in [0, 0.1) is 20.2 Å². The average Bonchev–Trinajstić information content (AvgIpc) is 2.46. The van der Waals surface area contributed by atoms with Gasteiger partial charge in [-0.05, 0) is 25.6 Å². The molecule has 0 N–H and O–H groups in total. The van der Waals surface area contributed by atoms with Gasteiger partial charge in [-0.25, -0.2) is 0 Å². The van der Waals surface area contributed by atoms with E-state index in [0.29, 0.717) is 18.5 Å². The summed E-state index contributed by atoms with van der Waals surface area (Å²) < 4.78 is 4.96. The topological polar surface area (TPSA) is 98.8 Å². The van der Waals surface area contributed by atoms with E-state index in [9.17, 15) is 20.2 Å². The quantitative estimate of drug-likeness (QED) is 0.539. The first-order valence-electron chi connectivity index (χ1n) is 6.66. The standard InChI is InChI=1S/C13H19N3O5/c1-4-14(5-2)7-6-10-8-13(21-3)12(16(19)20)9-11(10)15(17)18/h8-9H,4-7H2,1-3H3. The minimum absolute atomic E-state index is 0.0418. The molecule has 0 atom stereocenters. The van der Waals surface area contributed by atoms with Crippen molar-refractivity contribution in [1.29, 1.82) is 0 Å². The second-order valence-corrected chi connectivity index (χ2v) is 4.44. The maximum Gasteiger partial charge on any atom is 0.317 e. The first-order valence-corrected chi connectivity index (χ1v) is 6.66. The van der Waals surface area contributed by atoms with Crippen molar-refractivity contribution in [2.45, 2.75) is 20.3 Å². The van der Waals surface area contributed by atoms with Gasteiger partial charge in [0.05, 0.1) is 23.0 Å². The van der Waals surface area contributed by atoms with Crippen LogP contribution in [0.2, 0.25) is 0 Å². The first kappa shape index (κ1) is 16.8. The SMILES string of the molecule is CCN(CC)CCc1cc(OC)c([N+](=O)[O-])cc1[N+](=O)[O-]. The summed E-state index contributed by atoms with van der Waals surface area (Å²) in [5, 5.41) is 22.0. The van der Waals surface area contributed by atoms with Crippen LogP contribution < -0.4 is 4.74 Å². The van der Waals surface area contributed by atoms with Crippen molar-refractivity contribution in [3.63, 3.8) is 0 Å². The lowest BCUT2D eigenvalue weighted by Crippen LogP contribution is -2.25. The third-order valence-electron chi connectivity index (χ3n) is 3.37. The Balaban J connectivity index is 3.17. The van der Waals surface area contributed by atoms with Gasteiger partial charge < -0.3 is 9.64 Å². The van der Waals surface area contributed by atoms with Gasteiger partial charge in [0, 0.05) is 12.1 Å². The molecule has 0 heterocycles. The van der Waals surface area contributed by atoms with Crippen molar-refractivity contribution >= 4 is 11.4 Å². The lowest BCUT2D eigenvalue weighted by Gasteiger charge is -2.17. The summed E-state index contributed by atoms with van der Waals surface area (Å²) >= 11 is 0. The summed E-state index contributed by atoms with van der Waals surface area (Å²) in [6.07, 6.45) is 0.437. The van der Waals surface area contributed by atoms with Crippen molar-refractivity contribution in [2.75, 3.05) is 26.7 Å². The molecule has 8 nitrogen and oxygen atoms in total. The maximum absolute atomic E-state index is 11.1. The van der Waals surface area contributed by atoms with Crippen LogP contribution in [0.5, 0.6) is 5.75 Å². The lowest BCUT2D eigenvalue weighted by atomic mass is 10.1. The summed E-state index contributed by atoms with van der Waals surface area (Å²) in [4.78, 5) is 22.9. The summed E-state index contributed by atoms with van der Waals surface area (Å²) in [6, 6.07) is 2.36. The molecule has 0 saturated carbocycles. The third kappa shape index (κ3) is 4.12. The van der Waals surface area contributed by atoms with Gasteiger partial charge in [0.15, 0.2) is 5.75 Å². The number of rotatable bonds is 8. The van der Waals surface area contributed by atoms with Gasteiger partial charge in [0.2, 0.25) is 0 Å². The molecule has 0 aliphatic rings. The van der Waals surface area contributed by atoms with E-state index in [-0.39, 0.29) is 11.4 Å². The normalized spacial score (nSPS) is 10.7. The van der Waals surface area contributed by atoms with Crippen LogP contribution in [-0.4, -0.2) is 41.5 Å². The fourth-order valence-corrected chi connectivity index (χ4v) is 2.09. The fourth-order valence-electron chi connectivity index (χ4n) is 2.09. The summed E-state index contributed by atoms with van der Waals surface area (Å²) in [7, 11) is 1.31. The Morgan fingerprint density at radius 2 is 1.67 bits per heavy atom. The lowest BCUT2D eigenvalue weighted by molar-refractivity contribution is -0.395. The van der Waals surface area contributed by atoms with Gasteiger partial charge in [0.1, 0.15) is 0 Å². The number of nitro benzene ring substituents is 2. The van der Waals surface area contributed by atoms with Crippen molar-refractivity contribution in [2.24, 2.45) is 0 Å². The Morgan fingerprint density at radius 1 is 1.10 bits per heavy atom. The molecular weight excluding hydrogens is 278 g/mol. The van der Waals surface area contributed by atoms with Crippen LogP contribution in [0.15, 0.2) is 12.1 Å². The summed E-state index contributed by atoms with van der Waals surface area (Å²) in [5.41, 5.74) is -0.195. The fraction of sp³-hybridized carbons (Fsp3) is 0.538. The molecule has 0 bridgehead atoms. The van der Waals surface area contributed by atoms with Gasteiger partial charge in [-0.3, -0.25) is 20.2 Å². The zero-order valence-corrected chi connectivity index (χ0v) is 12.4. The molecule has 0 fully saturated rings. The third-order valence-corrected chi connectivity index (χ3v) is 3.37. The van der Waals surface area contributed by atoms with Crippen LogP contribution in [0.3, 0.4) is 0 Å². The molecule has 0 radical (unpaired) electrons. The van der Waals surface area contributed by atoms with E-state index in [1.54, 1.807) is 0 Å². The maximum atomic E-state index is 11.1. The molecule has 0 aliphatic heterocycles. The molecule has 0 aromatic heterocycles. The Hall–Kier alpha value is -2.22. The number of hydrogen-bond acceptors (Lipinski definition) is 6. The van der Waals surface area contributed by atoms with Gasteiger partial charge in [0.25, 0.3) is 5.69 Å². The van der Waals surface area contributed by atoms with Gasteiger partial charge in [-0.1, -0.05) is 13.8 Å². The molecule has 0 spiro atoms. The molecule has 0 unspecified atom stereocenters. The van der Waals surface area contributed by atoms with E-state index in [1.165, 1.54) is 13.2 Å². The monoisotopic (exact) mass is 297 g/mol. The van der Waals surface area contributed by atoms with E-state index in [4.69, 9.17) is 4.74 Å². The predicted molar refractivity (Wildman–Crippen MR) is 77.8 cm³/mol. The number of ether oxygens (including phenoxy) is 1. The van der Waals surface area contributed by atoms with Crippen molar-refractivity contribution in [3.8, 4) is 5.75 Å². The van der Waals surface area contributed by atoms with Crippen LogP contribution in [0.4, 0.5) is 11.4 Å². The average molecular weight is 297 g/mol. The highest BCUT2D eigenvalue weighted by molar-refractivity contribution is 5.58. The van der Waals surface area contributed by atoms with Crippen LogP contribution in [0.1, 0.15) is 19.4 Å². The number of likely N-dealkylation sites (N-methyl/N-ethyl adjacent to an activating group) is 1. The van der Waals surface area contributed by atoms with Gasteiger partial charge in [-0.15, -0.1) is 0 Å². The minimum Gasteiger partial charge on any atom is -0.490 e. The smallest absolute Gasteiger partial charge is 0.317 e. The predicted octanol–water partition coefficient (Wildman–Crippen LogP) is 2.40. The molecule has 0 saturated heterocycles. The zero-order chi connectivity index (χ0) is 16.0. The Morgan fingerprint density at radius 3 is 2.10 bits per heavy atom. The molecule has 0 amide bonds. The molecule has 8 heteroatoms. The molecule has 1 aromatic rings. The summed E-state index contributed by atoms with van der Waals surface area (Å²) in [6.45, 7) is 6.35. The highest BCUT2D eigenvalue weighted by Gasteiger charge is 2.25. The minimum atomic E-state index is -0.681. The van der Waals surface area contributed by atoms with Crippen molar-refractivity contribution in [3.05, 3.63) is 37.9 Å². The molecule has 116 valence electrons. The number of benzene rings is 1. The molecule has 1 aromatic carbocycles. The molecule has 21 heavy (non-hydrogen) atoms. The van der Waals surface area contributed by atoms with E-state index in [2.05, 4.69) is 4.90 Å². The Labute approximate surface area is 122 Å². The van der Waals surface area contributed by atoms with E-state index < -0.39 is 15.5 Å². The molecule has 0 aliphatic carbocycles. The second-order valence-electron chi connectivity index (χ2n) is 4.44. The number of nitro groups is 2. The number of nitrogens with zero attached hydrogens (tertiary/aromatic N) is 3. The molecular formula is C13H19N3O5. The second kappa shape index (κ2) is 7.53. The molecule has 1 rings (SSSR count). The first-order chi connectivity index (χ1) is 9.94. The number of hydrogen-bond donors (Lipinski definition) is 0. The van der Waals surface area contributed by atoms with Crippen LogP contribution >= 0.6 is 0 Å². The van der Waals surface area contributed by atoms with Crippen LogP contribution in [-0.2, 0) is 6.42 Å². The Kier molecular flexibility index (Phi) is 6.04. The highest BCUT2D eigenvalue weighted by Crippen LogP contribution is 2.34. The van der Waals surface area contributed by atoms with Crippen LogP contribution in [0.25, 0.3) is 0 Å². The van der Waals surface area contributed by atoms with E-state index >= 15 is 0 Å². The van der Waals surface area contributed by atoms with E-state index in [1.807, 2.05) is 13.8 Å². The van der Waals surface area contributed by atoms with Gasteiger partial charge in [-0.2, -0.15) is 0 Å².